The van der Waals surface area contributed by atoms with Crippen LogP contribution in [0.3, 0.4) is 0 Å². The Morgan fingerprint density at radius 1 is 1.29 bits per heavy atom. The molecule has 0 aliphatic carbocycles. The number of amides is 1. The van der Waals surface area contributed by atoms with Gasteiger partial charge in [0.25, 0.3) is 0 Å². The molecule has 0 saturated carbocycles. The normalized spacial score (nSPS) is 11.0. The lowest BCUT2D eigenvalue weighted by Gasteiger charge is -2.07. The van der Waals surface area contributed by atoms with Crippen LogP contribution in [0.5, 0.6) is 5.75 Å². The largest absolute Gasteiger partial charge is 0.497 e. The van der Waals surface area contributed by atoms with Gasteiger partial charge in [-0.1, -0.05) is 12.1 Å². The van der Waals surface area contributed by atoms with E-state index in [-0.39, 0.29) is 5.91 Å². The molecule has 0 aliphatic heterocycles. The molecule has 7 heteroatoms. The van der Waals surface area contributed by atoms with Crippen molar-refractivity contribution in [2.75, 3.05) is 7.11 Å². The topological polar surface area (TPSA) is 74.0 Å². The van der Waals surface area contributed by atoms with Crippen LogP contribution in [0.2, 0.25) is 0 Å². The van der Waals surface area contributed by atoms with E-state index in [2.05, 4.69) is 15.5 Å². The van der Waals surface area contributed by atoms with E-state index >= 15 is 0 Å². The van der Waals surface area contributed by atoms with Gasteiger partial charge in [0, 0.05) is 20.0 Å². The predicted octanol–water partition coefficient (Wildman–Crippen LogP) is 1.79. The Bertz CT molecular complexity index is 848. The average molecular weight is 327 g/mol. The highest BCUT2D eigenvalue weighted by atomic mass is 16.5. The van der Waals surface area contributed by atoms with Crippen LogP contribution in [-0.4, -0.2) is 32.6 Å². The van der Waals surface area contributed by atoms with Crippen molar-refractivity contribution in [2.45, 2.75) is 26.4 Å². The van der Waals surface area contributed by atoms with E-state index in [1.54, 1.807) is 18.0 Å². The molecule has 3 rings (SSSR count). The minimum Gasteiger partial charge on any atom is -0.497 e. The van der Waals surface area contributed by atoms with Crippen LogP contribution >= 0.6 is 0 Å². The van der Waals surface area contributed by atoms with Crippen LogP contribution in [0.4, 0.5) is 0 Å². The molecule has 0 spiro atoms. The molecule has 0 unspecified atom stereocenters. The van der Waals surface area contributed by atoms with Crippen LogP contribution < -0.4 is 10.1 Å². The maximum Gasteiger partial charge on any atom is 0.222 e. The minimum absolute atomic E-state index is 0.00369. The van der Waals surface area contributed by atoms with E-state index in [1.807, 2.05) is 42.9 Å². The Hall–Kier alpha value is -2.83. The van der Waals surface area contributed by atoms with Crippen molar-refractivity contribution in [1.29, 1.82) is 0 Å². The molecule has 3 aromatic rings. The molecule has 0 bridgehead atoms. The number of ether oxygens (including phenoxy) is 1. The molecule has 2 heterocycles. The first-order valence-corrected chi connectivity index (χ1v) is 7.83. The third kappa shape index (κ3) is 3.24. The highest BCUT2D eigenvalue weighted by Crippen LogP contribution is 2.17. The number of aryl methyl sites for hydroxylation is 3. The van der Waals surface area contributed by atoms with E-state index in [9.17, 15) is 4.79 Å². The van der Waals surface area contributed by atoms with Crippen molar-refractivity contribution >= 4 is 16.9 Å². The number of hydrogen-bond acceptors (Lipinski definition) is 4. The summed E-state index contributed by atoms with van der Waals surface area (Å²) >= 11 is 0. The SMILES string of the molecule is COc1ccc(CNC(=O)CCn2ncc3c2c(C)nn3C)cc1. The van der Waals surface area contributed by atoms with Crippen molar-refractivity contribution in [3.63, 3.8) is 0 Å². The van der Waals surface area contributed by atoms with Crippen LogP contribution in [0.15, 0.2) is 30.5 Å². The fourth-order valence-corrected chi connectivity index (χ4v) is 2.72. The highest BCUT2D eigenvalue weighted by molar-refractivity contribution is 5.78. The number of methoxy groups -OCH3 is 1. The summed E-state index contributed by atoms with van der Waals surface area (Å²) in [7, 11) is 3.52. The molecule has 1 N–H and O–H groups in total. The Morgan fingerprint density at radius 3 is 2.75 bits per heavy atom. The second-order valence-electron chi connectivity index (χ2n) is 5.69. The highest BCUT2D eigenvalue weighted by Gasteiger charge is 2.12. The number of carbonyl (C=O) groups excluding carboxylic acids is 1. The molecule has 1 aromatic carbocycles. The number of rotatable bonds is 6. The second kappa shape index (κ2) is 6.74. The Balaban J connectivity index is 1.55. The third-order valence-corrected chi connectivity index (χ3v) is 4.01. The summed E-state index contributed by atoms with van der Waals surface area (Å²) in [6.45, 7) is 2.98. The maximum absolute atomic E-state index is 12.1. The summed E-state index contributed by atoms with van der Waals surface area (Å²) in [6, 6.07) is 7.64. The molecule has 0 fully saturated rings. The number of carbonyl (C=O) groups is 1. The van der Waals surface area contributed by atoms with Crippen molar-refractivity contribution in [2.24, 2.45) is 7.05 Å². The van der Waals surface area contributed by atoms with Gasteiger partial charge in [-0.05, 0) is 24.6 Å². The monoisotopic (exact) mass is 327 g/mol. The summed E-state index contributed by atoms with van der Waals surface area (Å²) in [5.74, 6) is 0.802. The number of nitrogens with zero attached hydrogens (tertiary/aromatic N) is 4. The standard InChI is InChI=1S/C17H21N5O2/c1-12-17-15(21(2)20-12)11-19-22(17)9-8-16(23)18-10-13-4-6-14(24-3)7-5-13/h4-7,11H,8-10H2,1-3H3,(H,18,23). The smallest absolute Gasteiger partial charge is 0.222 e. The van der Waals surface area contributed by atoms with E-state index in [0.29, 0.717) is 19.5 Å². The first-order chi connectivity index (χ1) is 11.6. The van der Waals surface area contributed by atoms with Gasteiger partial charge >= 0.3 is 0 Å². The van der Waals surface area contributed by atoms with Crippen LogP contribution in [0, 0.1) is 6.92 Å². The second-order valence-corrected chi connectivity index (χ2v) is 5.69. The van der Waals surface area contributed by atoms with Crippen molar-refractivity contribution in [3.05, 3.63) is 41.7 Å². The van der Waals surface area contributed by atoms with Gasteiger partial charge in [0.05, 0.1) is 25.5 Å². The minimum atomic E-state index is -0.00369. The maximum atomic E-state index is 12.1. The molecule has 1 amide bonds. The van der Waals surface area contributed by atoms with Crippen molar-refractivity contribution in [3.8, 4) is 5.75 Å². The van der Waals surface area contributed by atoms with Crippen LogP contribution in [0.1, 0.15) is 17.7 Å². The lowest BCUT2D eigenvalue weighted by Crippen LogP contribution is -2.24. The van der Waals surface area contributed by atoms with E-state index in [4.69, 9.17) is 4.74 Å². The quantitative estimate of drug-likeness (QED) is 0.749. The fraction of sp³-hybridized carbons (Fsp3) is 0.353. The molecule has 7 nitrogen and oxygen atoms in total. The number of hydrogen-bond donors (Lipinski definition) is 1. The van der Waals surface area contributed by atoms with Gasteiger partial charge in [-0.25, -0.2) is 0 Å². The van der Waals surface area contributed by atoms with Crippen LogP contribution in [0.25, 0.3) is 11.0 Å². The molecule has 0 atom stereocenters. The van der Waals surface area contributed by atoms with Gasteiger partial charge in [0.15, 0.2) is 0 Å². The summed E-state index contributed by atoms with van der Waals surface area (Å²) in [6.07, 6.45) is 2.16. The first kappa shape index (κ1) is 16.0. The molecule has 0 radical (unpaired) electrons. The zero-order chi connectivity index (χ0) is 17.1. The number of nitrogens with one attached hydrogen (secondary N) is 1. The van der Waals surface area contributed by atoms with Gasteiger partial charge in [-0.15, -0.1) is 0 Å². The lowest BCUT2D eigenvalue weighted by molar-refractivity contribution is -0.121. The number of aromatic nitrogens is 4. The molecule has 0 aliphatic rings. The number of fused-ring (bicyclic) bond motifs is 1. The van der Waals surface area contributed by atoms with Gasteiger partial charge in [0.2, 0.25) is 5.91 Å². The summed E-state index contributed by atoms with van der Waals surface area (Å²) in [5, 5.41) is 11.6. The molecule has 0 saturated heterocycles. The van der Waals surface area contributed by atoms with Gasteiger partial charge in [-0.3, -0.25) is 14.2 Å². The zero-order valence-electron chi connectivity index (χ0n) is 14.1. The van der Waals surface area contributed by atoms with Gasteiger partial charge < -0.3 is 10.1 Å². The Labute approximate surface area is 140 Å². The third-order valence-electron chi connectivity index (χ3n) is 4.01. The van der Waals surface area contributed by atoms with Gasteiger partial charge in [-0.2, -0.15) is 10.2 Å². The van der Waals surface area contributed by atoms with E-state index < -0.39 is 0 Å². The molecule has 2 aromatic heterocycles. The van der Waals surface area contributed by atoms with Crippen molar-refractivity contribution in [1.82, 2.24) is 24.9 Å². The van der Waals surface area contributed by atoms with Crippen molar-refractivity contribution < 1.29 is 9.53 Å². The molecule has 126 valence electrons. The predicted molar refractivity (Wildman–Crippen MR) is 90.7 cm³/mol. The number of benzene rings is 1. The lowest BCUT2D eigenvalue weighted by atomic mass is 10.2. The van der Waals surface area contributed by atoms with Gasteiger partial charge in [0.1, 0.15) is 16.8 Å². The van der Waals surface area contributed by atoms with Crippen LogP contribution in [-0.2, 0) is 24.9 Å². The Morgan fingerprint density at radius 2 is 2.04 bits per heavy atom. The summed E-state index contributed by atoms with van der Waals surface area (Å²) < 4.78 is 8.76. The van der Waals surface area contributed by atoms with E-state index in [1.165, 1.54) is 0 Å². The molecule has 24 heavy (non-hydrogen) atoms. The average Bonchev–Trinajstić information content (AvgIpc) is 3.13. The molecular weight excluding hydrogens is 306 g/mol. The Kier molecular flexibility index (Phi) is 4.50. The summed E-state index contributed by atoms with van der Waals surface area (Å²) in [5.41, 5.74) is 3.92. The molecular formula is C17H21N5O2. The zero-order valence-corrected chi connectivity index (χ0v) is 14.1. The summed E-state index contributed by atoms with van der Waals surface area (Å²) in [4.78, 5) is 12.1. The van der Waals surface area contributed by atoms with E-state index in [0.717, 1.165) is 28.0 Å². The fourth-order valence-electron chi connectivity index (χ4n) is 2.72. The first-order valence-electron chi connectivity index (χ1n) is 7.83.